The summed E-state index contributed by atoms with van der Waals surface area (Å²) in [6.07, 6.45) is 1.65. The van der Waals surface area contributed by atoms with Crippen LogP contribution in [0, 0.1) is 6.92 Å². The molecule has 23 heavy (non-hydrogen) atoms. The van der Waals surface area contributed by atoms with Gasteiger partial charge in [0.2, 0.25) is 0 Å². The molecule has 0 saturated carbocycles. The Morgan fingerprint density at radius 1 is 1.26 bits per heavy atom. The number of aromatic nitrogens is 3. The molecular formula is C16H21N5O2. The predicted molar refractivity (Wildman–Crippen MR) is 85.7 cm³/mol. The average Bonchev–Trinajstić information content (AvgIpc) is 3.06. The van der Waals surface area contributed by atoms with Crippen molar-refractivity contribution in [1.29, 1.82) is 0 Å². The summed E-state index contributed by atoms with van der Waals surface area (Å²) in [5.74, 6) is -0.198. The Balaban J connectivity index is 1.52. The first-order valence-electron chi connectivity index (χ1n) is 7.80. The number of hydrogen-bond donors (Lipinski definition) is 1. The first-order chi connectivity index (χ1) is 11.2. The van der Waals surface area contributed by atoms with Crippen molar-refractivity contribution in [3.63, 3.8) is 0 Å². The van der Waals surface area contributed by atoms with Crippen LogP contribution in [0.15, 0.2) is 30.5 Å². The zero-order chi connectivity index (χ0) is 16.1. The van der Waals surface area contributed by atoms with Gasteiger partial charge in [-0.2, -0.15) is 0 Å². The van der Waals surface area contributed by atoms with E-state index in [1.807, 2.05) is 31.2 Å². The van der Waals surface area contributed by atoms with Crippen LogP contribution < -0.4 is 5.32 Å². The fourth-order valence-corrected chi connectivity index (χ4v) is 2.43. The van der Waals surface area contributed by atoms with Gasteiger partial charge in [-0.1, -0.05) is 22.9 Å². The minimum Gasteiger partial charge on any atom is -0.379 e. The number of nitrogens with one attached hydrogen (secondary N) is 1. The molecule has 0 atom stereocenters. The standard InChI is InChI=1S/C16H21N5O2/c1-13-2-4-14(5-3-13)21-12-15(18-19-21)16(22)17-6-7-20-8-10-23-11-9-20/h2-5,12H,6-11H2,1H3,(H,17,22). The Morgan fingerprint density at radius 2 is 2.00 bits per heavy atom. The molecule has 1 amide bonds. The highest BCUT2D eigenvalue weighted by Crippen LogP contribution is 2.08. The van der Waals surface area contributed by atoms with E-state index in [4.69, 9.17) is 4.74 Å². The summed E-state index contributed by atoms with van der Waals surface area (Å²) in [5.41, 5.74) is 2.39. The summed E-state index contributed by atoms with van der Waals surface area (Å²) in [5, 5.41) is 10.8. The second kappa shape index (κ2) is 7.34. The smallest absolute Gasteiger partial charge is 0.273 e. The first kappa shape index (κ1) is 15.6. The molecule has 7 heteroatoms. The van der Waals surface area contributed by atoms with E-state index in [2.05, 4.69) is 20.5 Å². The quantitative estimate of drug-likeness (QED) is 0.876. The molecule has 0 aliphatic carbocycles. The SMILES string of the molecule is Cc1ccc(-n2cc(C(=O)NCCN3CCOCC3)nn2)cc1. The molecule has 1 aliphatic rings. The predicted octanol–water partition coefficient (Wildman–Crippen LogP) is 0.638. The third-order valence-electron chi connectivity index (χ3n) is 3.84. The van der Waals surface area contributed by atoms with E-state index in [0.717, 1.165) is 38.5 Å². The van der Waals surface area contributed by atoms with Crippen molar-refractivity contribution in [2.45, 2.75) is 6.92 Å². The Labute approximate surface area is 135 Å². The number of carbonyl (C=O) groups excluding carboxylic acids is 1. The molecular weight excluding hydrogens is 294 g/mol. The van der Waals surface area contributed by atoms with Crippen LogP contribution in [-0.4, -0.2) is 65.2 Å². The Morgan fingerprint density at radius 3 is 2.74 bits per heavy atom. The third-order valence-corrected chi connectivity index (χ3v) is 3.84. The highest BCUT2D eigenvalue weighted by molar-refractivity contribution is 5.91. The number of hydrogen-bond acceptors (Lipinski definition) is 5. The lowest BCUT2D eigenvalue weighted by atomic mass is 10.2. The van der Waals surface area contributed by atoms with Gasteiger partial charge in [0, 0.05) is 26.2 Å². The summed E-state index contributed by atoms with van der Waals surface area (Å²) >= 11 is 0. The summed E-state index contributed by atoms with van der Waals surface area (Å²) in [4.78, 5) is 14.4. The molecule has 1 aromatic carbocycles. The Kier molecular flexibility index (Phi) is 4.99. The zero-order valence-electron chi connectivity index (χ0n) is 13.2. The summed E-state index contributed by atoms with van der Waals surface area (Å²) in [7, 11) is 0. The third kappa shape index (κ3) is 4.14. The normalized spacial score (nSPS) is 15.5. The molecule has 2 heterocycles. The van der Waals surface area contributed by atoms with Crippen LogP contribution in [0.5, 0.6) is 0 Å². The largest absolute Gasteiger partial charge is 0.379 e. The van der Waals surface area contributed by atoms with Crippen molar-refractivity contribution in [2.75, 3.05) is 39.4 Å². The second-order valence-corrected chi connectivity index (χ2v) is 5.59. The van der Waals surface area contributed by atoms with Gasteiger partial charge >= 0.3 is 0 Å². The fraction of sp³-hybridized carbons (Fsp3) is 0.438. The van der Waals surface area contributed by atoms with Crippen molar-refractivity contribution >= 4 is 5.91 Å². The number of ether oxygens (including phenoxy) is 1. The molecule has 0 radical (unpaired) electrons. The van der Waals surface area contributed by atoms with E-state index >= 15 is 0 Å². The van der Waals surface area contributed by atoms with Crippen molar-refractivity contribution in [3.05, 3.63) is 41.7 Å². The maximum absolute atomic E-state index is 12.1. The number of morpholine rings is 1. The molecule has 3 rings (SSSR count). The monoisotopic (exact) mass is 315 g/mol. The number of nitrogens with zero attached hydrogens (tertiary/aromatic N) is 4. The maximum atomic E-state index is 12.1. The lowest BCUT2D eigenvalue weighted by Crippen LogP contribution is -2.41. The van der Waals surface area contributed by atoms with Crippen LogP contribution in [0.25, 0.3) is 5.69 Å². The van der Waals surface area contributed by atoms with E-state index in [0.29, 0.717) is 12.2 Å². The summed E-state index contributed by atoms with van der Waals surface area (Å²) in [6.45, 7) is 6.80. The average molecular weight is 315 g/mol. The van der Waals surface area contributed by atoms with E-state index in [9.17, 15) is 4.79 Å². The second-order valence-electron chi connectivity index (χ2n) is 5.59. The number of amides is 1. The van der Waals surface area contributed by atoms with Crippen LogP contribution in [0.1, 0.15) is 16.1 Å². The molecule has 122 valence electrons. The van der Waals surface area contributed by atoms with Gasteiger partial charge in [-0.15, -0.1) is 5.10 Å². The fourth-order valence-electron chi connectivity index (χ4n) is 2.43. The van der Waals surface area contributed by atoms with Crippen molar-refractivity contribution in [1.82, 2.24) is 25.2 Å². The molecule has 0 bridgehead atoms. The molecule has 0 unspecified atom stereocenters. The topological polar surface area (TPSA) is 72.3 Å². The Hall–Kier alpha value is -2.25. The highest BCUT2D eigenvalue weighted by atomic mass is 16.5. The molecule has 0 spiro atoms. The zero-order valence-corrected chi connectivity index (χ0v) is 13.2. The number of rotatable bonds is 5. The minimum atomic E-state index is -0.198. The number of benzene rings is 1. The van der Waals surface area contributed by atoms with Crippen LogP contribution in [0.4, 0.5) is 0 Å². The minimum absolute atomic E-state index is 0.198. The number of carbonyl (C=O) groups is 1. The van der Waals surface area contributed by atoms with E-state index in [-0.39, 0.29) is 5.91 Å². The molecule has 1 N–H and O–H groups in total. The van der Waals surface area contributed by atoms with E-state index in [1.165, 1.54) is 5.56 Å². The van der Waals surface area contributed by atoms with E-state index < -0.39 is 0 Å². The van der Waals surface area contributed by atoms with Gasteiger partial charge in [-0.05, 0) is 19.1 Å². The lowest BCUT2D eigenvalue weighted by molar-refractivity contribution is 0.0383. The van der Waals surface area contributed by atoms with Gasteiger partial charge in [0.05, 0.1) is 25.1 Å². The van der Waals surface area contributed by atoms with Gasteiger partial charge < -0.3 is 10.1 Å². The van der Waals surface area contributed by atoms with Gasteiger partial charge in [-0.3, -0.25) is 9.69 Å². The van der Waals surface area contributed by atoms with Crippen LogP contribution in [-0.2, 0) is 4.74 Å². The van der Waals surface area contributed by atoms with E-state index in [1.54, 1.807) is 10.9 Å². The van der Waals surface area contributed by atoms with Gasteiger partial charge in [0.1, 0.15) is 0 Å². The molecule has 1 fully saturated rings. The van der Waals surface area contributed by atoms with Crippen LogP contribution >= 0.6 is 0 Å². The molecule has 2 aromatic rings. The number of aryl methyl sites for hydroxylation is 1. The molecule has 7 nitrogen and oxygen atoms in total. The lowest BCUT2D eigenvalue weighted by Gasteiger charge is -2.26. The summed E-state index contributed by atoms with van der Waals surface area (Å²) in [6, 6.07) is 7.90. The van der Waals surface area contributed by atoms with Gasteiger partial charge in [0.25, 0.3) is 5.91 Å². The maximum Gasteiger partial charge on any atom is 0.273 e. The molecule has 1 saturated heterocycles. The summed E-state index contributed by atoms with van der Waals surface area (Å²) < 4.78 is 6.91. The molecule has 1 aliphatic heterocycles. The van der Waals surface area contributed by atoms with Crippen LogP contribution in [0.3, 0.4) is 0 Å². The van der Waals surface area contributed by atoms with Gasteiger partial charge in [-0.25, -0.2) is 4.68 Å². The van der Waals surface area contributed by atoms with Crippen LogP contribution in [0.2, 0.25) is 0 Å². The van der Waals surface area contributed by atoms with Gasteiger partial charge in [0.15, 0.2) is 5.69 Å². The molecule has 1 aromatic heterocycles. The first-order valence-corrected chi connectivity index (χ1v) is 7.80. The van der Waals surface area contributed by atoms with Crippen molar-refractivity contribution in [3.8, 4) is 5.69 Å². The Bertz CT molecular complexity index is 647. The highest BCUT2D eigenvalue weighted by Gasteiger charge is 2.13. The van der Waals surface area contributed by atoms with Crippen molar-refractivity contribution < 1.29 is 9.53 Å². The van der Waals surface area contributed by atoms with Crippen molar-refractivity contribution in [2.24, 2.45) is 0 Å².